The van der Waals surface area contributed by atoms with E-state index < -0.39 is 0 Å². The Morgan fingerprint density at radius 3 is 2.78 bits per heavy atom. The molecular weight excluding hydrogens is 225 g/mol. The summed E-state index contributed by atoms with van der Waals surface area (Å²) >= 11 is 0.255. The van der Waals surface area contributed by atoms with Gasteiger partial charge in [0, 0.05) is 0 Å². The molecule has 0 unspecified atom stereocenters. The molecule has 0 saturated carbocycles. The summed E-state index contributed by atoms with van der Waals surface area (Å²) in [6.45, 7) is 3.52. The molecule has 0 aromatic rings. The summed E-state index contributed by atoms with van der Waals surface area (Å²) < 4.78 is 2.15. The van der Waals surface area contributed by atoms with Crippen LogP contribution in [0.1, 0.15) is 0 Å². The zero-order valence-corrected chi connectivity index (χ0v) is 7.63. The molecule has 0 fully saturated rings. The molecule has 2 N–H and O–H groups in total. The van der Waals surface area contributed by atoms with E-state index in [1.807, 2.05) is 12.2 Å². The molecular formula is C7H11IN-. The van der Waals surface area contributed by atoms with E-state index in [-0.39, 0.29) is 21.2 Å². The summed E-state index contributed by atoms with van der Waals surface area (Å²) in [6.07, 6.45) is 5.47. The van der Waals surface area contributed by atoms with E-state index in [9.17, 15) is 0 Å². The van der Waals surface area contributed by atoms with Crippen LogP contribution in [-0.2, 0) is 0 Å². The quantitative estimate of drug-likeness (QED) is 0.351. The second-order valence-electron chi connectivity index (χ2n) is 1.41. The van der Waals surface area contributed by atoms with Gasteiger partial charge in [0.1, 0.15) is 0 Å². The molecule has 0 aliphatic heterocycles. The van der Waals surface area contributed by atoms with Crippen LogP contribution in [0.2, 0.25) is 0 Å². The van der Waals surface area contributed by atoms with Crippen LogP contribution in [0, 0.1) is 0 Å². The Bertz CT molecular complexity index is 136. The Balaban J connectivity index is 3.68. The van der Waals surface area contributed by atoms with Crippen molar-refractivity contribution < 1.29 is 21.2 Å². The van der Waals surface area contributed by atoms with Gasteiger partial charge in [0.05, 0.1) is 0 Å². The van der Waals surface area contributed by atoms with E-state index in [1.54, 1.807) is 6.08 Å². The monoisotopic (exact) mass is 236 g/mol. The third-order valence-electron chi connectivity index (χ3n) is 0.723. The topological polar surface area (TPSA) is 26.0 Å². The summed E-state index contributed by atoms with van der Waals surface area (Å²) in [4.78, 5) is 2.19. The first kappa shape index (κ1) is 8.75. The van der Waals surface area contributed by atoms with Gasteiger partial charge in [0.2, 0.25) is 0 Å². The van der Waals surface area contributed by atoms with Crippen LogP contribution < -0.4 is 26.9 Å². The zero-order chi connectivity index (χ0) is 7.11. The van der Waals surface area contributed by atoms with E-state index in [2.05, 4.69) is 15.6 Å². The summed E-state index contributed by atoms with van der Waals surface area (Å²) in [6, 6.07) is 0. The number of hydrogen-bond donors (Lipinski definition) is 1. The molecule has 0 atom stereocenters. The van der Waals surface area contributed by atoms with E-state index in [1.165, 1.54) is 0 Å². The fraction of sp³-hybridized carbons (Fsp3) is 0.143. The minimum absolute atomic E-state index is 0.255. The third kappa shape index (κ3) is 5.62. The van der Waals surface area contributed by atoms with Crippen LogP contribution in [0.5, 0.6) is 0 Å². The molecule has 0 aliphatic carbocycles. The summed E-state index contributed by atoms with van der Waals surface area (Å²) in [5.74, 6) is 0. The average Bonchev–Trinajstić information content (AvgIpc) is 1.89. The molecule has 0 saturated heterocycles. The van der Waals surface area contributed by atoms with Gasteiger partial charge < -0.3 is 0 Å². The van der Waals surface area contributed by atoms with Gasteiger partial charge in [-0.15, -0.1) is 0 Å². The molecule has 0 spiro atoms. The summed E-state index contributed by atoms with van der Waals surface area (Å²) in [5.41, 5.74) is 6.14. The molecule has 0 rings (SSSR count). The molecule has 0 amide bonds. The predicted molar refractivity (Wildman–Crippen MR) is 37.5 cm³/mol. The third-order valence-corrected chi connectivity index (χ3v) is 1.86. The van der Waals surface area contributed by atoms with Crippen molar-refractivity contribution in [3.63, 3.8) is 0 Å². The molecule has 0 radical (unpaired) electrons. The molecule has 0 aromatic carbocycles. The molecule has 52 valence electrons. The molecule has 0 aliphatic rings. The Kier molecular flexibility index (Phi) is 5.72. The molecule has 0 heterocycles. The Labute approximate surface area is 66.6 Å². The first-order valence-corrected chi connectivity index (χ1v) is 5.94. The van der Waals surface area contributed by atoms with Gasteiger partial charge in [-0.1, -0.05) is 0 Å². The maximum atomic E-state index is 5.42. The SMILES string of the molecule is C=C/C(N)=C\C=C\[I-]C. The van der Waals surface area contributed by atoms with Gasteiger partial charge in [-0.2, -0.15) is 0 Å². The van der Waals surface area contributed by atoms with Gasteiger partial charge >= 0.3 is 66.5 Å². The van der Waals surface area contributed by atoms with E-state index in [4.69, 9.17) is 5.73 Å². The molecule has 9 heavy (non-hydrogen) atoms. The number of halogens is 1. The minimum atomic E-state index is 0.255. The van der Waals surface area contributed by atoms with Crippen LogP contribution in [0.4, 0.5) is 0 Å². The van der Waals surface area contributed by atoms with Crippen LogP contribution in [-0.4, -0.2) is 4.93 Å². The van der Waals surface area contributed by atoms with Crippen LogP contribution in [0.3, 0.4) is 0 Å². The van der Waals surface area contributed by atoms with Crippen LogP contribution in [0.25, 0.3) is 0 Å². The van der Waals surface area contributed by atoms with Crippen LogP contribution in [0.15, 0.2) is 34.6 Å². The van der Waals surface area contributed by atoms with Gasteiger partial charge in [0.25, 0.3) is 0 Å². The van der Waals surface area contributed by atoms with Crippen molar-refractivity contribution in [2.75, 3.05) is 4.93 Å². The molecule has 1 nitrogen and oxygen atoms in total. The normalized spacial score (nSPS) is 12.8. The van der Waals surface area contributed by atoms with Crippen LogP contribution >= 0.6 is 0 Å². The number of alkyl halides is 1. The number of hydrogen-bond acceptors (Lipinski definition) is 1. The van der Waals surface area contributed by atoms with Gasteiger partial charge in [-0.25, -0.2) is 0 Å². The van der Waals surface area contributed by atoms with Gasteiger partial charge in [-0.05, 0) is 0 Å². The van der Waals surface area contributed by atoms with Crippen molar-refractivity contribution in [1.29, 1.82) is 0 Å². The van der Waals surface area contributed by atoms with Crippen molar-refractivity contribution in [1.82, 2.24) is 0 Å². The molecule has 2 heteroatoms. The second-order valence-corrected chi connectivity index (χ2v) is 3.37. The number of nitrogens with two attached hydrogens (primary N) is 1. The molecule has 0 aromatic heterocycles. The van der Waals surface area contributed by atoms with Gasteiger partial charge in [0.15, 0.2) is 0 Å². The molecule has 0 bridgehead atoms. The predicted octanol–water partition coefficient (Wildman–Crippen LogP) is -1.75. The van der Waals surface area contributed by atoms with Crippen molar-refractivity contribution in [3.8, 4) is 0 Å². The van der Waals surface area contributed by atoms with E-state index in [0.29, 0.717) is 0 Å². The Morgan fingerprint density at radius 1 is 1.67 bits per heavy atom. The van der Waals surface area contributed by atoms with Crippen molar-refractivity contribution in [3.05, 3.63) is 34.6 Å². The average molecular weight is 236 g/mol. The van der Waals surface area contributed by atoms with E-state index >= 15 is 0 Å². The number of rotatable bonds is 3. The van der Waals surface area contributed by atoms with Crippen molar-refractivity contribution in [2.24, 2.45) is 5.73 Å². The fourth-order valence-electron chi connectivity index (χ4n) is 0.288. The Morgan fingerprint density at radius 2 is 2.33 bits per heavy atom. The standard InChI is InChI=1S/C7H11IN/c1-3-7(9)5-4-6-8-2/h3-6H,1,9H2,2H3/q-1/b6-4+,7-5+. The van der Waals surface area contributed by atoms with Crippen molar-refractivity contribution >= 4 is 0 Å². The van der Waals surface area contributed by atoms with Crippen molar-refractivity contribution in [2.45, 2.75) is 0 Å². The van der Waals surface area contributed by atoms with Gasteiger partial charge in [-0.3, -0.25) is 0 Å². The fourth-order valence-corrected chi connectivity index (χ4v) is 0.911. The first-order valence-electron chi connectivity index (χ1n) is 2.54. The zero-order valence-electron chi connectivity index (χ0n) is 5.47. The summed E-state index contributed by atoms with van der Waals surface area (Å²) in [5, 5.41) is 0. The maximum absolute atomic E-state index is 5.42. The second kappa shape index (κ2) is 5.88. The van der Waals surface area contributed by atoms with E-state index in [0.717, 1.165) is 5.70 Å². The summed E-state index contributed by atoms with van der Waals surface area (Å²) in [7, 11) is 0. The number of allylic oxidation sites excluding steroid dienone is 3. The Hall–Kier alpha value is -0.250. The first-order chi connectivity index (χ1) is 4.31.